The van der Waals surface area contributed by atoms with E-state index in [0.29, 0.717) is 57.2 Å². The van der Waals surface area contributed by atoms with Gasteiger partial charge in [-0.3, -0.25) is 4.79 Å². The van der Waals surface area contributed by atoms with Crippen LogP contribution in [0.15, 0.2) is 29.2 Å². The molecule has 154 valence electrons. The number of hydrogen-bond donors (Lipinski definition) is 0. The number of hydrogen-bond acceptors (Lipinski definition) is 5. The Balaban J connectivity index is 1.68. The first-order chi connectivity index (χ1) is 13.3. The highest BCUT2D eigenvalue weighted by Gasteiger charge is 2.41. The van der Waals surface area contributed by atoms with Crippen molar-refractivity contribution < 1.29 is 22.7 Å². The predicted octanol–water partition coefficient (Wildman–Crippen LogP) is 1.79. The molecule has 8 nitrogen and oxygen atoms in total. The molecule has 1 aromatic carbocycles. The van der Waals surface area contributed by atoms with E-state index in [9.17, 15) is 18.0 Å². The molecule has 1 aromatic rings. The van der Waals surface area contributed by atoms with Crippen LogP contribution in [0.1, 0.15) is 19.8 Å². The number of piperazine rings is 1. The van der Waals surface area contributed by atoms with Gasteiger partial charge in [0.15, 0.2) is 0 Å². The van der Waals surface area contributed by atoms with Gasteiger partial charge in [0.1, 0.15) is 6.04 Å². The van der Waals surface area contributed by atoms with E-state index < -0.39 is 16.1 Å². The van der Waals surface area contributed by atoms with Crippen LogP contribution in [0.25, 0.3) is 0 Å². The van der Waals surface area contributed by atoms with Gasteiger partial charge < -0.3 is 14.5 Å². The Morgan fingerprint density at radius 1 is 1.07 bits per heavy atom. The van der Waals surface area contributed by atoms with Crippen molar-refractivity contribution >= 4 is 33.6 Å². The fourth-order valence-corrected chi connectivity index (χ4v) is 5.33. The second-order valence-corrected chi connectivity index (χ2v) is 9.07. The van der Waals surface area contributed by atoms with Gasteiger partial charge in [0.2, 0.25) is 15.9 Å². The number of benzene rings is 1. The van der Waals surface area contributed by atoms with Crippen LogP contribution in [0, 0.1) is 0 Å². The molecule has 0 N–H and O–H groups in total. The normalized spacial score (nSPS) is 21.0. The third kappa shape index (κ3) is 4.26. The average molecular weight is 430 g/mol. The highest BCUT2D eigenvalue weighted by molar-refractivity contribution is 7.89. The summed E-state index contributed by atoms with van der Waals surface area (Å²) in [5, 5.41) is 0.451. The maximum absolute atomic E-state index is 13.0. The lowest BCUT2D eigenvalue weighted by atomic mass is 10.2. The molecule has 2 amide bonds. The van der Waals surface area contributed by atoms with Crippen molar-refractivity contribution in [1.29, 1.82) is 0 Å². The molecule has 28 heavy (non-hydrogen) atoms. The third-order valence-electron chi connectivity index (χ3n) is 5.03. The number of halogens is 1. The van der Waals surface area contributed by atoms with Crippen molar-refractivity contribution in [1.82, 2.24) is 14.1 Å². The van der Waals surface area contributed by atoms with Gasteiger partial charge in [0.25, 0.3) is 0 Å². The van der Waals surface area contributed by atoms with Crippen molar-refractivity contribution in [3.05, 3.63) is 29.3 Å². The molecule has 2 heterocycles. The minimum atomic E-state index is -3.78. The van der Waals surface area contributed by atoms with Crippen LogP contribution in [-0.2, 0) is 19.6 Å². The number of rotatable bonds is 4. The molecule has 2 aliphatic rings. The fourth-order valence-electron chi connectivity index (χ4n) is 3.55. The fraction of sp³-hybridized carbons (Fsp3) is 0.556. The van der Waals surface area contributed by atoms with Crippen molar-refractivity contribution in [2.45, 2.75) is 30.7 Å². The standard InChI is InChI=1S/C18H24ClN3O5S/c1-2-27-18(24)21-12-10-20(11-13-21)17(23)16-4-3-9-22(16)28(25,26)15-7-5-14(19)6-8-15/h5-8,16H,2-4,9-13H2,1H3/t16-/m0/s1. The minimum Gasteiger partial charge on any atom is -0.450 e. The zero-order valence-electron chi connectivity index (χ0n) is 15.7. The van der Waals surface area contributed by atoms with Crippen LogP contribution in [0.5, 0.6) is 0 Å². The summed E-state index contributed by atoms with van der Waals surface area (Å²) in [5.74, 6) is -0.210. The molecule has 0 aromatic heterocycles. The highest BCUT2D eigenvalue weighted by Crippen LogP contribution is 2.28. The first-order valence-corrected chi connectivity index (χ1v) is 11.1. The number of carbonyl (C=O) groups is 2. The Morgan fingerprint density at radius 2 is 1.68 bits per heavy atom. The molecular formula is C18H24ClN3O5S. The summed E-state index contributed by atoms with van der Waals surface area (Å²) in [5.41, 5.74) is 0. The van der Waals surface area contributed by atoms with Crippen LogP contribution in [0.3, 0.4) is 0 Å². The largest absolute Gasteiger partial charge is 0.450 e. The molecule has 10 heteroatoms. The lowest BCUT2D eigenvalue weighted by molar-refractivity contribution is -0.136. The summed E-state index contributed by atoms with van der Waals surface area (Å²) < 4.78 is 32.3. The molecule has 0 aliphatic carbocycles. The Hall–Kier alpha value is -1.84. The van der Waals surface area contributed by atoms with Crippen LogP contribution in [0.2, 0.25) is 5.02 Å². The summed E-state index contributed by atoms with van der Waals surface area (Å²) in [7, 11) is -3.78. The first-order valence-electron chi connectivity index (χ1n) is 9.32. The van der Waals surface area contributed by atoms with E-state index in [2.05, 4.69) is 0 Å². The zero-order valence-corrected chi connectivity index (χ0v) is 17.3. The molecule has 2 saturated heterocycles. The third-order valence-corrected chi connectivity index (χ3v) is 7.20. The van der Waals surface area contributed by atoms with Gasteiger partial charge in [-0.25, -0.2) is 13.2 Å². The van der Waals surface area contributed by atoms with Gasteiger partial charge in [-0.2, -0.15) is 4.31 Å². The number of amides is 2. The van der Waals surface area contributed by atoms with Crippen LogP contribution in [-0.4, -0.2) is 79.9 Å². The van der Waals surface area contributed by atoms with Crippen molar-refractivity contribution in [2.75, 3.05) is 39.3 Å². The Bertz CT molecular complexity index is 822. The van der Waals surface area contributed by atoms with Crippen LogP contribution in [0.4, 0.5) is 4.79 Å². The van der Waals surface area contributed by atoms with Gasteiger partial charge in [-0.05, 0) is 44.0 Å². The number of ether oxygens (including phenoxy) is 1. The molecule has 0 unspecified atom stereocenters. The monoisotopic (exact) mass is 429 g/mol. The minimum absolute atomic E-state index is 0.128. The van der Waals surface area contributed by atoms with Gasteiger partial charge >= 0.3 is 6.09 Å². The van der Waals surface area contributed by atoms with Gasteiger partial charge in [-0.15, -0.1) is 0 Å². The second kappa shape index (κ2) is 8.67. The molecule has 3 rings (SSSR count). The van der Waals surface area contributed by atoms with E-state index in [1.807, 2.05) is 0 Å². The number of nitrogens with zero attached hydrogens (tertiary/aromatic N) is 3. The molecular weight excluding hydrogens is 406 g/mol. The van der Waals surface area contributed by atoms with Gasteiger partial charge in [-0.1, -0.05) is 11.6 Å². The summed E-state index contributed by atoms with van der Waals surface area (Å²) in [4.78, 5) is 28.1. The van der Waals surface area contributed by atoms with Gasteiger partial charge in [0.05, 0.1) is 11.5 Å². The SMILES string of the molecule is CCOC(=O)N1CCN(C(=O)[C@@H]2CCCN2S(=O)(=O)c2ccc(Cl)cc2)CC1. The Labute approximate surface area is 170 Å². The smallest absolute Gasteiger partial charge is 0.409 e. The molecule has 1 atom stereocenters. The van der Waals surface area contributed by atoms with E-state index in [1.165, 1.54) is 28.6 Å². The van der Waals surface area contributed by atoms with E-state index in [1.54, 1.807) is 16.7 Å². The topological polar surface area (TPSA) is 87.2 Å². The van der Waals surface area contributed by atoms with E-state index in [-0.39, 0.29) is 16.9 Å². The lowest BCUT2D eigenvalue weighted by Crippen LogP contribution is -2.55. The average Bonchev–Trinajstić information content (AvgIpc) is 3.19. The van der Waals surface area contributed by atoms with E-state index in [0.717, 1.165) is 0 Å². The lowest BCUT2D eigenvalue weighted by Gasteiger charge is -2.36. The highest BCUT2D eigenvalue weighted by atomic mass is 35.5. The first kappa shape index (κ1) is 20.9. The van der Waals surface area contributed by atoms with Crippen molar-refractivity contribution in [3.8, 4) is 0 Å². The molecule has 0 bridgehead atoms. The quantitative estimate of drug-likeness (QED) is 0.728. The molecule has 2 fully saturated rings. The zero-order chi connectivity index (χ0) is 20.3. The summed E-state index contributed by atoms with van der Waals surface area (Å²) in [6.45, 7) is 3.84. The second-order valence-electron chi connectivity index (χ2n) is 6.74. The maximum Gasteiger partial charge on any atom is 0.409 e. The van der Waals surface area contributed by atoms with Crippen LogP contribution >= 0.6 is 11.6 Å². The van der Waals surface area contributed by atoms with Gasteiger partial charge in [0, 0.05) is 37.7 Å². The summed E-state index contributed by atoms with van der Waals surface area (Å²) in [6.07, 6.45) is 0.734. The molecule has 0 radical (unpaired) electrons. The summed E-state index contributed by atoms with van der Waals surface area (Å²) in [6, 6.07) is 5.24. The summed E-state index contributed by atoms with van der Waals surface area (Å²) >= 11 is 5.85. The number of sulfonamides is 1. The van der Waals surface area contributed by atoms with Crippen molar-refractivity contribution in [2.24, 2.45) is 0 Å². The Morgan fingerprint density at radius 3 is 2.29 bits per heavy atom. The molecule has 0 saturated carbocycles. The maximum atomic E-state index is 13.0. The Kier molecular flexibility index (Phi) is 6.47. The van der Waals surface area contributed by atoms with Crippen molar-refractivity contribution in [3.63, 3.8) is 0 Å². The van der Waals surface area contributed by atoms with Crippen LogP contribution < -0.4 is 0 Å². The predicted molar refractivity (Wildman–Crippen MR) is 104 cm³/mol. The molecule has 2 aliphatic heterocycles. The van der Waals surface area contributed by atoms with E-state index in [4.69, 9.17) is 16.3 Å². The molecule has 0 spiro atoms. The number of carbonyl (C=O) groups excluding carboxylic acids is 2. The van der Waals surface area contributed by atoms with E-state index >= 15 is 0 Å².